The third-order valence-corrected chi connectivity index (χ3v) is 5.24. The molecule has 3 aromatic rings. The second kappa shape index (κ2) is 7.94. The van der Waals surface area contributed by atoms with Crippen LogP contribution in [0.15, 0.2) is 41.3 Å². The van der Waals surface area contributed by atoms with E-state index in [9.17, 15) is 18.0 Å². The van der Waals surface area contributed by atoms with Gasteiger partial charge >= 0.3 is 6.18 Å². The Morgan fingerprint density at radius 3 is 2.63 bits per heavy atom. The van der Waals surface area contributed by atoms with Crippen molar-refractivity contribution in [3.05, 3.63) is 52.4 Å². The van der Waals surface area contributed by atoms with Crippen molar-refractivity contribution in [3.63, 3.8) is 0 Å². The fraction of sp³-hybridized carbons (Fsp3) is 0.350. The zero-order chi connectivity index (χ0) is 21.3. The number of anilines is 3. The van der Waals surface area contributed by atoms with Crippen LogP contribution in [0.3, 0.4) is 0 Å². The minimum absolute atomic E-state index is 0.00886. The molecule has 2 heterocycles. The molecule has 4 rings (SSSR count). The molecule has 1 aliphatic rings. The third kappa shape index (κ3) is 4.09. The molecule has 0 radical (unpaired) electrons. The summed E-state index contributed by atoms with van der Waals surface area (Å²) in [6.07, 6.45) is 0.652. The average molecular weight is 418 g/mol. The van der Waals surface area contributed by atoms with Gasteiger partial charge < -0.3 is 21.4 Å². The molecule has 1 aromatic carbocycles. The maximum absolute atomic E-state index is 13.4. The number of pyridine rings is 1. The summed E-state index contributed by atoms with van der Waals surface area (Å²) in [5.41, 5.74) is 4.94. The van der Waals surface area contributed by atoms with E-state index in [-0.39, 0.29) is 34.9 Å². The van der Waals surface area contributed by atoms with Gasteiger partial charge in [-0.25, -0.2) is 4.98 Å². The molecule has 1 aliphatic carbocycles. The van der Waals surface area contributed by atoms with E-state index >= 15 is 0 Å². The molecule has 7 nitrogen and oxygen atoms in total. The number of rotatable bonds is 4. The number of para-hydroxylation sites is 1. The Hall–Kier alpha value is -3.14. The number of aromatic amines is 1. The van der Waals surface area contributed by atoms with Crippen molar-refractivity contribution < 1.29 is 13.2 Å². The van der Waals surface area contributed by atoms with Gasteiger partial charge in [-0.15, -0.1) is 0 Å². The number of hydrogen-bond acceptors (Lipinski definition) is 6. The summed E-state index contributed by atoms with van der Waals surface area (Å²) in [6, 6.07) is 6.49. The molecule has 0 saturated heterocycles. The van der Waals surface area contributed by atoms with E-state index in [1.807, 2.05) is 0 Å². The number of H-pyrrole nitrogens is 1. The van der Waals surface area contributed by atoms with Crippen LogP contribution < -0.4 is 21.9 Å². The van der Waals surface area contributed by atoms with Gasteiger partial charge in [-0.3, -0.25) is 4.79 Å². The normalized spacial score (nSPS) is 19.6. The highest BCUT2D eigenvalue weighted by Crippen LogP contribution is 2.36. The van der Waals surface area contributed by atoms with Gasteiger partial charge in [0, 0.05) is 18.3 Å². The molecule has 0 unspecified atom stereocenters. The van der Waals surface area contributed by atoms with Gasteiger partial charge in [-0.05, 0) is 31.0 Å². The van der Waals surface area contributed by atoms with Crippen LogP contribution >= 0.6 is 0 Å². The van der Waals surface area contributed by atoms with Gasteiger partial charge in [-0.2, -0.15) is 18.2 Å². The predicted octanol–water partition coefficient (Wildman–Crippen LogP) is 3.76. The molecule has 1 fully saturated rings. The van der Waals surface area contributed by atoms with Crippen molar-refractivity contribution in [3.8, 4) is 0 Å². The summed E-state index contributed by atoms with van der Waals surface area (Å²) in [5, 5.41) is 5.96. The summed E-state index contributed by atoms with van der Waals surface area (Å²) < 4.78 is 40.2. The van der Waals surface area contributed by atoms with Crippen molar-refractivity contribution in [1.82, 2.24) is 15.0 Å². The molecule has 158 valence electrons. The molecule has 0 bridgehead atoms. The van der Waals surface area contributed by atoms with Gasteiger partial charge in [0.2, 0.25) is 5.95 Å². The van der Waals surface area contributed by atoms with Crippen LogP contribution in [-0.2, 0) is 6.18 Å². The van der Waals surface area contributed by atoms with Gasteiger partial charge in [0.1, 0.15) is 11.2 Å². The number of alkyl halides is 3. The number of hydrogen-bond donors (Lipinski definition) is 4. The first-order valence-corrected chi connectivity index (χ1v) is 9.68. The zero-order valence-electron chi connectivity index (χ0n) is 16.0. The number of nitrogens with zero attached hydrogens (tertiary/aromatic N) is 2. The molecule has 10 heteroatoms. The summed E-state index contributed by atoms with van der Waals surface area (Å²) in [7, 11) is 0. The molecule has 0 aliphatic heterocycles. The highest BCUT2D eigenvalue weighted by molar-refractivity contribution is 5.91. The van der Waals surface area contributed by atoms with E-state index in [4.69, 9.17) is 5.73 Å². The lowest BCUT2D eigenvalue weighted by Gasteiger charge is -2.29. The fourth-order valence-corrected chi connectivity index (χ4v) is 3.72. The van der Waals surface area contributed by atoms with E-state index in [0.717, 1.165) is 31.7 Å². The number of aromatic nitrogens is 3. The maximum atomic E-state index is 13.4. The first kappa shape index (κ1) is 20.1. The zero-order valence-corrected chi connectivity index (χ0v) is 16.0. The van der Waals surface area contributed by atoms with Crippen molar-refractivity contribution in [1.29, 1.82) is 0 Å². The molecule has 1 saturated carbocycles. The minimum atomic E-state index is -4.56. The van der Waals surface area contributed by atoms with Crippen molar-refractivity contribution in [2.75, 3.05) is 10.6 Å². The van der Waals surface area contributed by atoms with Crippen molar-refractivity contribution in [2.45, 2.75) is 43.9 Å². The van der Waals surface area contributed by atoms with E-state index in [1.54, 1.807) is 6.07 Å². The van der Waals surface area contributed by atoms with Crippen LogP contribution in [-0.4, -0.2) is 27.0 Å². The van der Waals surface area contributed by atoms with Crippen LogP contribution in [0, 0.1) is 0 Å². The lowest BCUT2D eigenvalue weighted by Crippen LogP contribution is -2.43. The van der Waals surface area contributed by atoms with E-state index in [2.05, 4.69) is 25.6 Å². The second-order valence-electron chi connectivity index (χ2n) is 7.33. The smallest absolute Gasteiger partial charge is 0.350 e. The Morgan fingerprint density at radius 2 is 1.87 bits per heavy atom. The fourth-order valence-electron chi connectivity index (χ4n) is 3.72. The Balaban J connectivity index is 1.78. The van der Waals surface area contributed by atoms with E-state index in [0.29, 0.717) is 5.52 Å². The highest BCUT2D eigenvalue weighted by Gasteiger charge is 2.33. The molecule has 2 atom stereocenters. The van der Waals surface area contributed by atoms with Crippen LogP contribution in [0.1, 0.15) is 31.2 Å². The van der Waals surface area contributed by atoms with Gasteiger partial charge in [0.15, 0.2) is 0 Å². The van der Waals surface area contributed by atoms with Crippen LogP contribution in [0.4, 0.5) is 30.6 Å². The Bertz CT molecular complexity index is 1110. The Kier molecular flexibility index (Phi) is 5.33. The lowest BCUT2D eigenvalue weighted by molar-refractivity contribution is -0.136. The summed E-state index contributed by atoms with van der Waals surface area (Å²) in [5.74, 6) is 0.202. The standard InChI is InChI=1S/C20H21F3N6O/c21-20(22,23)11-5-1-3-7-13(11)26-17-16-15(9-10-25-18(16)30)28-19(29-17)27-14-8-4-2-6-12(14)24/h1,3,5,7,9-10,12,14H,2,4,6,8,24H2,(H,25,30)(H2,26,27,28,29)/t12-,14+/m0/s1. The van der Waals surface area contributed by atoms with Crippen molar-refractivity contribution >= 4 is 28.4 Å². The monoisotopic (exact) mass is 418 g/mol. The highest BCUT2D eigenvalue weighted by atomic mass is 19.4. The third-order valence-electron chi connectivity index (χ3n) is 5.24. The molecular weight excluding hydrogens is 397 g/mol. The number of nitrogens with one attached hydrogen (secondary N) is 3. The minimum Gasteiger partial charge on any atom is -0.350 e. The first-order chi connectivity index (χ1) is 14.3. The number of fused-ring (bicyclic) bond motifs is 1. The van der Waals surface area contributed by atoms with Crippen molar-refractivity contribution in [2.24, 2.45) is 5.73 Å². The average Bonchev–Trinajstić information content (AvgIpc) is 2.69. The summed E-state index contributed by atoms with van der Waals surface area (Å²) >= 11 is 0. The number of nitrogens with two attached hydrogens (primary N) is 1. The number of benzene rings is 1. The number of halogens is 3. The molecule has 30 heavy (non-hydrogen) atoms. The van der Waals surface area contributed by atoms with Gasteiger partial charge in [0.05, 0.1) is 16.8 Å². The maximum Gasteiger partial charge on any atom is 0.418 e. The lowest BCUT2D eigenvalue weighted by atomic mass is 9.91. The van der Waals surface area contributed by atoms with Crippen LogP contribution in [0.2, 0.25) is 0 Å². The van der Waals surface area contributed by atoms with Crippen LogP contribution in [0.25, 0.3) is 10.9 Å². The first-order valence-electron chi connectivity index (χ1n) is 9.68. The molecule has 5 N–H and O–H groups in total. The predicted molar refractivity (Wildman–Crippen MR) is 109 cm³/mol. The molecule has 0 spiro atoms. The largest absolute Gasteiger partial charge is 0.418 e. The molecular formula is C20H21F3N6O. The van der Waals surface area contributed by atoms with Gasteiger partial charge in [-0.1, -0.05) is 25.0 Å². The van der Waals surface area contributed by atoms with E-state index in [1.165, 1.54) is 24.4 Å². The Morgan fingerprint density at radius 1 is 1.10 bits per heavy atom. The SMILES string of the molecule is N[C@H]1CCCC[C@H]1Nc1nc(Nc2ccccc2C(F)(F)F)c2c(=O)[nH]ccc2n1. The van der Waals surface area contributed by atoms with Gasteiger partial charge in [0.25, 0.3) is 5.56 Å². The summed E-state index contributed by atoms with van der Waals surface area (Å²) in [6.45, 7) is 0. The summed E-state index contributed by atoms with van der Waals surface area (Å²) in [4.78, 5) is 23.6. The Labute approximate surface area is 169 Å². The van der Waals surface area contributed by atoms with E-state index < -0.39 is 17.3 Å². The molecule has 2 aromatic heterocycles. The van der Waals surface area contributed by atoms with Crippen LogP contribution in [0.5, 0.6) is 0 Å². The topological polar surface area (TPSA) is 109 Å². The quantitative estimate of drug-likeness (QED) is 0.514. The second-order valence-corrected chi connectivity index (χ2v) is 7.33. The molecule has 0 amide bonds.